The van der Waals surface area contributed by atoms with Crippen LogP contribution in [0.2, 0.25) is 0 Å². The summed E-state index contributed by atoms with van der Waals surface area (Å²) in [6.45, 7) is 1.20. The van der Waals surface area contributed by atoms with E-state index in [0.29, 0.717) is 24.5 Å². The number of pyridine rings is 1. The summed E-state index contributed by atoms with van der Waals surface area (Å²) in [5.41, 5.74) is -0.616. The number of amides is 1. The maximum absolute atomic E-state index is 13.0. The van der Waals surface area contributed by atoms with Gasteiger partial charge in [-0.1, -0.05) is 0 Å². The monoisotopic (exact) mass is 333 g/mol. The number of nitrogens with one attached hydrogen (secondary N) is 1. The van der Waals surface area contributed by atoms with Crippen LogP contribution in [0.15, 0.2) is 30.6 Å². The van der Waals surface area contributed by atoms with E-state index < -0.39 is 11.4 Å². The van der Waals surface area contributed by atoms with Crippen molar-refractivity contribution in [3.05, 3.63) is 42.1 Å². The molecule has 2 aromatic rings. The van der Waals surface area contributed by atoms with Gasteiger partial charge in [0.2, 0.25) is 0 Å². The predicted octanol–water partition coefficient (Wildman–Crippen LogP) is 0.715. The maximum atomic E-state index is 13.0. The lowest BCUT2D eigenvalue weighted by molar-refractivity contribution is 0.0253. The number of halogens is 1. The molecule has 1 unspecified atom stereocenters. The molecule has 3 heterocycles. The van der Waals surface area contributed by atoms with Crippen LogP contribution in [0.3, 0.4) is 0 Å². The molecule has 1 fully saturated rings. The zero-order valence-electron chi connectivity index (χ0n) is 13.4. The van der Waals surface area contributed by atoms with Gasteiger partial charge in [0.05, 0.1) is 11.8 Å². The van der Waals surface area contributed by atoms with E-state index in [-0.39, 0.29) is 12.5 Å². The molecule has 0 aromatic carbocycles. The van der Waals surface area contributed by atoms with E-state index in [1.807, 2.05) is 4.90 Å². The Hall–Kier alpha value is -2.48. The minimum Gasteiger partial charge on any atom is -0.386 e. The summed E-state index contributed by atoms with van der Waals surface area (Å²) in [6, 6.07) is 4.56. The molecule has 0 radical (unpaired) electrons. The lowest BCUT2D eigenvalue weighted by Gasteiger charge is -2.39. The van der Waals surface area contributed by atoms with Crippen molar-refractivity contribution in [2.45, 2.75) is 18.4 Å². The van der Waals surface area contributed by atoms with E-state index in [0.717, 1.165) is 19.2 Å². The van der Waals surface area contributed by atoms with Crippen molar-refractivity contribution < 1.29 is 14.3 Å². The molecule has 0 saturated carbocycles. The highest BCUT2D eigenvalue weighted by Gasteiger charge is 2.34. The van der Waals surface area contributed by atoms with Gasteiger partial charge in [-0.05, 0) is 31.0 Å². The lowest BCUT2D eigenvalue weighted by Crippen LogP contribution is -2.54. The number of piperidine rings is 1. The number of aliphatic hydroxyl groups is 1. The number of hydrogen-bond acceptors (Lipinski definition) is 5. The molecular weight excluding hydrogens is 313 g/mol. The molecule has 1 amide bonds. The van der Waals surface area contributed by atoms with Crippen molar-refractivity contribution >= 4 is 11.7 Å². The van der Waals surface area contributed by atoms with E-state index >= 15 is 0 Å². The fourth-order valence-electron chi connectivity index (χ4n) is 2.94. The van der Waals surface area contributed by atoms with Gasteiger partial charge < -0.3 is 15.3 Å². The van der Waals surface area contributed by atoms with Crippen LogP contribution in [0.4, 0.5) is 10.2 Å². The number of nitrogens with zero attached hydrogens (tertiary/aromatic N) is 4. The van der Waals surface area contributed by atoms with Crippen LogP contribution in [0, 0.1) is 5.82 Å². The largest absolute Gasteiger partial charge is 0.386 e. The molecule has 2 aromatic heterocycles. The Balaban J connectivity index is 1.63. The Bertz CT molecular complexity index is 718. The molecule has 1 aliphatic rings. The van der Waals surface area contributed by atoms with E-state index in [1.165, 1.54) is 10.7 Å². The van der Waals surface area contributed by atoms with Gasteiger partial charge in [0.25, 0.3) is 5.91 Å². The smallest absolute Gasteiger partial charge is 0.269 e. The number of carbonyl (C=O) groups excluding carboxylic acids is 1. The highest BCUT2D eigenvalue weighted by Crippen LogP contribution is 2.24. The van der Waals surface area contributed by atoms with Gasteiger partial charge in [0, 0.05) is 32.9 Å². The van der Waals surface area contributed by atoms with Crippen molar-refractivity contribution in [2.75, 3.05) is 24.5 Å². The maximum Gasteiger partial charge on any atom is 0.269 e. The van der Waals surface area contributed by atoms with Crippen molar-refractivity contribution in [3.63, 3.8) is 0 Å². The quantitative estimate of drug-likeness (QED) is 0.861. The molecule has 0 bridgehead atoms. The molecular formula is C16H20FN5O2. The van der Waals surface area contributed by atoms with E-state index in [4.69, 9.17) is 0 Å². The number of carbonyl (C=O) groups is 1. The molecule has 24 heavy (non-hydrogen) atoms. The normalized spacial score (nSPS) is 20.9. The average Bonchev–Trinajstić information content (AvgIpc) is 3.00. The van der Waals surface area contributed by atoms with Crippen LogP contribution in [0.5, 0.6) is 0 Å². The molecule has 7 nitrogen and oxygen atoms in total. The predicted molar refractivity (Wildman–Crippen MR) is 86.1 cm³/mol. The minimum absolute atomic E-state index is 0.134. The third-order valence-electron chi connectivity index (χ3n) is 4.22. The molecule has 128 valence electrons. The van der Waals surface area contributed by atoms with Gasteiger partial charge in [0.15, 0.2) is 0 Å². The molecule has 3 rings (SSSR count). The Morgan fingerprint density at radius 1 is 1.46 bits per heavy atom. The molecule has 0 spiro atoms. The fraction of sp³-hybridized carbons (Fsp3) is 0.438. The Kier molecular flexibility index (Phi) is 4.48. The topological polar surface area (TPSA) is 83.3 Å². The first-order valence-corrected chi connectivity index (χ1v) is 7.82. The second-order valence-electron chi connectivity index (χ2n) is 6.11. The van der Waals surface area contributed by atoms with Crippen LogP contribution in [-0.2, 0) is 7.05 Å². The summed E-state index contributed by atoms with van der Waals surface area (Å²) in [5.74, 6) is -0.0533. The summed E-state index contributed by atoms with van der Waals surface area (Å²) in [4.78, 5) is 18.1. The third-order valence-corrected chi connectivity index (χ3v) is 4.22. The van der Waals surface area contributed by atoms with Crippen molar-refractivity contribution in [1.29, 1.82) is 0 Å². The number of hydrogen-bond donors (Lipinski definition) is 2. The number of β-amino-alcohol motifs (C(OH)–C–C–N with tert-alkyl or cyclic N) is 1. The van der Waals surface area contributed by atoms with Gasteiger partial charge in [0.1, 0.15) is 17.3 Å². The SMILES string of the molecule is Cn1nccc1C(=O)NCC1(O)CCCN(c2ccc(F)cn2)C1. The zero-order chi connectivity index (χ0) is 17.2. The number of aromatic nitrogens is 3. The molecule has 2 N–H and O–H groups in total. The zero-order valence-corrected chi connectivity index (χ0v) is 13.4. The van der Waals surface area contributed by atoms with E-state index in [9.17, 15) is 14.3 Å². The molecule has 8 heteroatoms. The Morgan fingerprint density at radius 3 is 2.96 bits per heavy atom. The summed E-state index contributed by atoms with van der Waals surface area (Å²) in [6.07, 6.45) is 4.05. The Morgan fingerprint density at radius 2 is 2.29 bits per heavy atom. The molecule has 1 aliphatic heterocycles. The average molecular weight is 333 g/mol. The number of aryl methyl sites for hydroxylation is 1. The Labute approximate surface area is 139 Å². The minimum atomic E-state index is -1.05. The van der Waals surface area contributed by atoms with Gasteiger partial charge in [-0.15, -0.1) is 0 Å². The summed E-state index contributed by atoms with van der Waals surface area (Å²) in [5, 5.41) is 17.5. The van der Waals surface area contributed by atoms with Crippen LogP contribution in [0.25, 0.3) is 0 Å². The van der Waals surface area contributed by atoms with Gasteiger partial charge in [-0.3, -0.25) is 9.48 Å². The van der Waals surface area contributed by atoms with Gasteiger partial charge in [-0.25, -0.2) is 9.37 Å². The molecule has 1 atom stereocenters. The van der Waals surface area contributed by atoms with Crippen LogP contribution in [0.1, 0.15) is 23.3 Å². The molecule has 0 aliphatic carbocycles. The van der Waals surface area contributed by atoms with E-state index in [2.05, 4.69) is 15.4 Å². The summed E-state index contributed by atoms with van der Waals surface area (Å²) < 4.78 is 14.5. The van der Waals surface area contributed by atoms with Crippen LogP contribution < -0.4 is 10.2 Å². The van der Waals surface area contributed by atoms with Gasteiger partial charge >= 0.3 is 0 Å². The van der Waals surface area contributed by atoms with Crippen LogP contribution >= 0.6 is 0 Å². The van der Waals surface area contributed by atoms with Crippen molar-refractivity contribution in [2.24, 2.45) is 7.05 Å². The van der Waals surface area contributed by atoms with Crippen molar-refractivity contribution in [3.8, 4) is 0 Å². The first kappa shape index (κ1) is 16.4. The summed E-state index contributed by atoms with van der Waals surface area (Å²) >= 11 is 0. The second-order valence-corrected chi connectivity index (χ2v) is 6.11. The van der Waals surface area contributed by atoms with Crippen LogP contribution in [-0.4, -0.2) is 51.0 Å². The number of anilines is 1. The highest BCUT2D eigenvalue weighted by molar-refractivity contribution is 5.92. The standard InChI is InChI=1S/C16H20FN5O2/c1-21-13(5-7-20-21)15(23)19-10-16(24)6-2-8-22(11-16)14-4-3-12(17)9-18-14/h3-5,7,9,24H,2,6,8,10-11H2,1H3,(H,19,23). The lowest BCUT2D eigenvalue weighted by atomic mass is 9.92. The van der Waals surface area contributed by atoms with E-state index in [1.54, 1.807) is 25.4 Å². The van der Waals surface area contributed by atoms with Crippen molar-refractivity contribution in [1.82, 2.24) is 20.1 Å². The highest BCUT2D eigenvalue weighted by atomic mass is 19.1. The summed E-state index contributed by atoms with van der Waals surface area (Å²) in [7, 11) is 1.69. The second kappa shape index (κ2) is 6.56. The van der Waals surface area contributed by atoms with Gasteiger partial charge in [-0.2, -0.15) is 5.10 Å². The molecule has 1 saturated heterocycles. The fourth-order valence-corrected chi connectivity index (χ4v) is 2.94. The number of rotatable bonds is 4. The first-order chi connectivity index (χ1) is 11.5. The first-order valence-electron chi connectivity index (χ1n) is 7.82. The third kappa shape index (κ3) is 3.53.